The van der Waals surface area contributed by atoms with Crippen molar-refractivity contribution in [2.45, 2.75) is 52.0 Å². The van der Waals surface area contributed by atoms with Crippen LogP contribution in [0.4, 0.5) is 0 Å². The van der Waals surface area contributed by atoms with E-state index in [9.17, 15) is 4.79 Å². The molecule has 1 aliphatic rings. The zero-order valence-corrected chi connectivity index (χ0v) is 17.8. The Morgan fingerprint density at radius 2 is 1.90 bits per heavy atom. The number of rotatable bonds is 11. The van der Waals surface area contributed by atoms with Crippen molar-refractivity contribution < 1.29 is 9.53 Å². The fourth-order valence-corrected chi connectivity index (χ4v) is 3.82. The molecule has 5 heteroatoms. The van der Waals surface area contributed by atoms with E-state index in [1.165, 1.54) is 0 Å². The second kappa shape index (κ2) is 9.79. The summed E-state index contributed by atoms with van der Waals surface area (Å²) in [5.41, 5.74) is 3.36. The van der Waals surface area contributed by atoms with Crippen molar-refractivity contribution in [1.29, 1.82) is 0 Å². The first-order valence-corrected chi connectivity index (χ1v) is 11.1. The van der Waals surface area contributed by atoms with Crippen molar-refractivity contribution in [3.8, 4) is 5.75 Å². The number of unbranched alkanes of at least 4 members (excludes halogenated alkanes) is 2. The number of fused-ring (bicyclic) bond motifs is 1. The molecular formula is C25H31N3O2. The van der Waals surface area contributed by atoms with Gasteiger partial charge in [-0.3, -0.25) is 4.79 Å². The summed E-state index contributed by atoms with van der Waals surface area (Å²) in [5.74, 6) is 2.60. The van der Waals surface area contributed by atoms with Crippen LogP contribution in [-0.2, 0) is 17.8 Å². The smallest absolute Gasteiger partial charge is 0.223 e. The van der Waals surface area contributed by atoms with E-state index < -0.39 is 0 Å². The summed E-state index contributed by atoms with van der Waals surface area (Å²) < 4.78 is 8.32. The van der Waals surface area contributed by atoms with Gasteiger partial charge in [0.05, 0.1) is 17.6 Å². The van der Waals surface area contributed by atoms with Gasteiger partial charge < -0.3 is 14.6 Å². The van der Waals surface area contributed by atoms with Gasteiger partial charge in [-0.15, -0.1) is 0 Å². The highest BCUT2D eigenvalue weighted by atomic mass is 16.5. The first-order valence-electron chi connectivity index (χ1n) is 11.1. The molecule has 0 aliphatic heterocycles. The fourth-order valence-electron chi connectivity index (χ4n) is 3.82. The number of nitrogens with zero attached hydrogens (tertiary/aromatic N) is 2. The monoisotopic (exact) mass is 405 g/mol. The van der Waals surface area contributed by atoms with Gasteiger partial charge in [0, 0.05) is 18.9 Å². The van der Waals surface area contributed by atoms with Gasteiger partial charge in [-0.2, -0.15) is 0 Å². The predicted molar refractivity (Wildman–Crippen MR) is 120 cm³/mol. The highest BCUT2D eigenvalue weighted by Gasteiger charge is 2.28. The van der Waals surface area contributed by atoms with Gasteiger partial charge in [0.2, 0.25) is 5.91 Å². The molecule has 2 aromatic carbocycles. The topological polar surface area (TPSA) is 56.1 Å². The molecule has 0 radical (unpaired) electrons. The standard InChI is InChI=1S/C25H31N3O2/c1-19-9-4-7-12-23(19)30-18-17-28-22-11-6-5-10-21(22)27-24(28)13-3-2-8-16-26-25(29)20-14-15-20/h4-7,9-12,20H,2-3,8,13-18H2,1H3,(H,26,29). The molecule has 5 nitrogen and oxygen atoms in total. The molecule has 158 valence electrons. The maximum absolute atomic E-state index is 11.7. The van der Waals surface area contributed by atoms with E-state index in [4.69, 9.17) is 9.72 Å². The molecule has 0 bridgehead atoms. The number of imidazole rings is 1. The number of ether oxygens (including phenoxy) is 1. The number of amides is 1. The fraction of sp³-hybridized carbons (Fsp3) is 0.440. The van der Waals surface area contributed by atoms with E-state index >= 15 is 0 Å². The maximum Gasteiger partial charge on any atom is 0.223 e. The SMILES string of the molecule is Cc1ccccc1OCCn1c(CCCCCNC(=O)C2CC2)nc2ccccc21. The molecule has 0 spiro atoms. The minimum atomic E-state index is 0.241. The zero-order chi connectivity index (χ0) is 20.8. The van der Waals surface area contributed by atoms with Crippen LogP contribution in [0.2, 0.25) is 0 Å². The van der Waals surface area contributed by atoms with Gasteiger partial charge in [0.1, 0.15) is 18.2 Å². The second-order valence-electron chi connectivity index (χ2n) is 8.16. The Balaban J connectivity index is 1.30. The van der Waals surface area contributed by atoms with Gasteiger partial charge >= 0.3 is 0 Å². The summed E-state index contributed by atoms with van der Waals surface area (Å²) >= 11 is 0. The number of aromatic nitrogens is 2. The van der Waals surface area contributed by atoms with Crippen molar-refractivity contribution in [2.24, 2.45) is 5.92 Å². The van der Waals surface area contributed by atoms with Crippen LogP contribution in [0.1, 0.15) is 43.5 Å². The van der Waals surface area contributed by atoms with Crippen LogP contribution in [0.5, 0.6) is 5.75 Å². The Morgan fingerprint density at radius 1 is 1.10 bits per heavy atom. The molecule has 1 heterocycles. The molecule has 1 aromatic heterocycles. The number of para-hydroxylation sites is 3. The summed E-state index contributed by atoms with van der Waals surface area (Å²) in [6.45, 7) is 4.25. The Morgan fingerprint density at radius 3 is 2.73 bits per heavy atom. The normalized spacial score (nSPS) is 13.5. The molecule has 0 unspecified atom stereocenters. The maximum atomic E-state index is 11.7. The molecule has 1 fully saturated rings. The highest BCUT2D eigenvalue weighted by molar-refractivity contribution is 5.80. The highest BCUT2D eigenvalue weighted by Crippen LogP contribution is 2.28. The lowest BCUT2D eigenvalue weighted by Gasteiger charge is -2.12. The molecule has 0 saturated heterocycles. The average molecular weight is 406 g/mol. The Kier molecular flexibility index (Phi) is 6.67. The van der Waals surface area contributed by atoms with Crippen molar-refractivity contribution in [3.63, 3.8) is 0 Å². The van der Waals surface area contributed by atoms with Gasteiger partial charge in [-0.25, -0.2) is 4.98 Å². The van der Waals surface area contributed by atoms with Crippen LogP contribution in [0, 0.1) is 12.8 Å². The molecule has 3 aromatic rings. The number of hydrogen-bond donors (Lipinski definition) is 1. The Hall–Kier alpha value is -2.82. The lowest BCUT2D eigenvalue weighted by atomic mass is 10.2. The number of nitrogens with one attached hydrogen (secondary N) is 1. The van der Waals surface area contributed by atoms with E-state index in [2.05, 4.69) is 41.1 Å². The van der Waals surface area contributed by atoms with Crippen LogP contribution >= 0.6 is 0 Å². The van der Waals surface area contributed by atoms with Gasteiger partial charge in [-0.1, -0.05) is 36.8 Å². The predicted octanol–water partition coefficient (Wildman–Crippen LogP) is 4.66. The van der Waals surface area contributed by atoms with Crippen LogP contribution in [0.3, 0.4) is 0 Å². The quantitative estimate of drug-likeness (QED) is 0.472. The molecule has 1 aliphatic carbocycles. The summed E-state index contributed by atoms with van der Waals surface area (Å²) in [6, 6.07) is 16.4. The summed E-state index contributed by atoms with van der Waals surface area (Å²) in [6.07, 6.45) is 6.26. The first kappa shape index (κ1) is 20.5. The van der Waals surface area contributed by atoms with Gasteiger partial charge in [0.15, 0.2) is 0 Å². The number of carbonyl (C=O) groups is 1. The Labute approximate surface area is 178 Å². The molecule has 30 heavy (non-hydrogen) atoms. The van der Waals surface area contributed by atoms with Crippen molar-refractivity contribution in [3.05, 3.63) is 59.9 Å². The lowest BCUT2D eigenvalue weighted by Crippen LogP contribution is -2.25. The molecular weight excluding hydrogens is 374 g/mol. The van der Waals surface area contributed by atoms with Crippen LogP contribution in [0.15, 0.2) is 48.5 Å². The summed E-state index contributed by atoms with van der Waals surface area (Å²) in [5, 5.41) is 3.05. The molecule has 0 atom stereocenters. The van der Waals surface area contributed by atoms with Crippen LogP contribution < -0.4 is 10.1 Å². The van der Waals surface area contributed by atoms with Crippen LogP contribution in [-0.4, -0.2) is 28.6 Å². The number of aryl methyl sites for hydroxylation is 2. The molecule has 1 saturated carbocycles. The van der Waals surface area contributed by atoms with Gasteiger partial charge in [-0.05, 0) is 56.4 Å². The molecule has 1 amide bonds. The molecule has 1 N–H and O–H groups in total. The van der Waals surface area contributed by atoms with Crippen molar-refractivity contribution in [2.75, 3.05) is 13.2 Å². The van der Waals surface area contributed by atoms with Crippen molar-refractivity contribution >= 4 is 16.9 Å². The third-order valence-electron chi connectivity index (χ3n) is 5.72. The lowest BCUT2D eigenvalue weighted by molar-refractivity contribution is -0.122. The third kappa shape index (κ3) is 5.21. The van der Waals surface area contributed by atoms with E-state index in [-0.39, 0.29) is 5.91 Å². The summed E-state index contributed by atoms with van der Waals surface area (Å²) in [4.78, 5) is 16.6. The largest absolute Gasteiger partial charge is 0.491 e. The first-order chi connectivity index (χ1) is 14.7. The van der Waals surface area contributed by atoms with Crippen molar-refractivity contribution in [1.82, 2.24) is 14.9 Å². The average Bonchev–Trinajstić information content (AvgIpc) is 3.55. The number of benzene rings is 2. The minimum Gasteiger partial charge on any atom is -0.491 e. The third-order valence-corrected chi connectivity index (χ3v) is 5.72. The van der Waals surface area contributed by atoms with E-state index in [1.807, 2.05) is 24.3 Å². The summed E-state index contributed by atoms with van der Waals surface area (Å²) in [7, 11) is 0. The zero-order valence-electron chi connectivity index (χ0n) is 17.8. The van der Waals surface area contributed by atoms with E-state index in [0.717, 1.165) is 79.8 Å². The van der Waals surface area contributed by atoms with Crippen LogP contribution in [0.25, 0.3) is 11.0 Å². The number of hydrogen-bond acceptors (Lipinski definition) is 3. The van der Waals surface area contributed by atoms with E-state index in [1.54, 1.807) is 0 Å². The van der Waals surface area contributed by atoms with E-state index in [0.29, 0.717) is 12.5 Å². The second-order valence-corrected chi connectivity index (χ2v) is 8.16. The van der Waals surface area contributed by atoms with Gasteiger partial charge in [0.25, 0.3) is 0 Å². The number of carbonyl (C=O) groups excluding carboxylic acids is 1. The molecule has 4 rings (SSSR count). The Bertz CT molecular complexity index is 991. The minimum absolute atomic E-state index is 0.241.